The van der Waals surface area contributed by atoms with Gasteiger partial charge in [0.25, 0.3) is 0 Å². The summed E-state index contributed by atoms with van der Waals surface area (Å²) in [6.45, 7) is 6.40. The number of amides is 1. The van der Waals surface area contributed by atoms with Gasteiger partial charge in [0.1, 0.15) is 5.01 Å². The molecule has 8 heteroatoms. The number of ether oxygens (including phenoxy) is 3. The summed E-state index contributed by atoms with van der Waals surface area (Å²) in [5.41, 5.74) is 0.789. The van der Waals surface area contributed by atoms with Gasteiger partial charge in [-0.2, -0.15) is 0 Å². The van der Waals surface area contributed by atoms with Crippen LogP contribution < -0.4 is 19.1 Å². The molecule has 26 heavy (non-hydrogen) atoms. The van der Waals surface area contributed by atoms with Crippen molar-refractivity contribution < 1.29 is 19.0 Å². The molecule has 0 saturated carbocycles. The number of carbonyl (C=O) groups excluding carboxylic acids is 1. The van der Waals surface area contributed by atoms with Gasteiger partial charge in [-0.15, -0.1) is 10.2 Å². The molecule has 0 fully saturated rings. The van der Waals surface area contributed by atoms with Crippen molar-refractivity contribution in [3.05, 3.63) is 12.1 Å². The van der Waals surface area contributed by atoms with Crippen LogP contribution in [0.3, 0.4) is 0 Å². The maximum Gasteiger partial charge on any atom is 0.231 e. The maximum atomic E-state index is 12.5. The fraction of sp³-hybridized carbons (Fsp3) is 0.500. The summed E-state index contributed by atoms with van der Waals surface area (Å²) in [5.74, 6) is 1.55. The third kappa shape index (κ3) is 4.07. The van der Waals surface area contributed by atoms with Crippen molar-refractivity contribution in [1.82, 2.24) is 10.2 Å². The summed E-state index contributed by atoms with van der Waals surface area (Å²) in [6, 6.07) is 3.64. The molecule has 0 unspecified atom stereocenters. The van der Waals surface area contributed by atoms with Gasteiger partial charge in [0.05, 0.1) is 21.3 Å². The van der Waals surface area contributed by atoms with Crippen molar-refractivity contribution >= 4 is 22.4 Å². The zero-order chi connectivity index (χ0) is 19.3. The summed E-state index contributed by atoms with van der Waals surface area (Å²) in [7, 11) is 4.69. The Labute approximate surface area is 157 Å². The molecule has 0 aliphatic heterocycles. The lowest BCUT2D eigenvalue weighted by atomic mass is 10.2. The SMILES string of the molecule is CCCN(C(=O)C(C)C)c1nnc(-c2cc(OC)c(OC)c(OC)c2)s1. The van der Waals surface area contributed by atoms with Crippen LogP contribution in [0.2, 0.25) is 0 Å². The van der Waals surface area contributed by atoms with E-state index in [4.69, 9.17) is 14.2 Å². The van der Waals surface area contributed by atoms with E-state index < -0.39 is 0 Å². The second kappa shape index (κ2) is 8.84. The predicted octanol–water partition coefficient (Wildman–Crippen LogP) is 3.63. The van der Waals surface area contributed by atoms with E-state index in [-0.39, 0.29) is 11.8 Å². The molecule has 0 saturated heterocycles. The van der Waals surface area contributed by atoms with Crippen LogP contribution in [0.5, 0.6) is 17.2 Å². The van der Waals surface area contributed by atoms with Gasteiger partial charge in [0.15, 0.2) is 11.5 Å². The molecule has 0 aliphatic carbocycles. The molecule has 1 aromatic heterocycles. The molecule has 7 nitrogen and oxygen atoms in total. The topological polar surface area (TPSA) is 73.8 Å². The van der Waals surface area contributed by atoms with E-state index in [1.54, 1.807) is 26.2 Å². The van der Waals surface area contributed by atoms with Crippen LogP contribution in [-0.4, -0.2) is 44.0 Å². The second-order valence-corrected chi connectivity index (χ2v) is 6.90. The number of methoxy groups -OCH3 is 3. The molecule has 2 aromatic rings. The number of nitrogens with zero attached hydrogens (tertiary/aromatic N) is 3. The number of anilines is 1. The van der Waals surface area contributed by atoms with Gasteiger partial charge in [-0.25, -0.2) is 0 Å². The van der Waals surface area contributed by atoms with E-state index in [2.05, 4.69) is 10.2 Å². The van der Waals surface area contributed by atoms with Crippen LogP contribution in [0.25, 0.3) is 10.6 Å². The third-order valence-corrected chi connectivity index (χ3v) is 4.76. The van der Waals surface area contributed by atoms with E-state index in [1.807, 2.05) is 32.9 Å². The molecule has 0 aliphatic rings. The standard InChI is InChI=1S/C18H25N3O4S/c1-7-8-21(17(22)11(2)3)18-20-19-16(26-18)12-9-13(23-4)15(25-6)14(10-12)24-5/h9-11H,7-8H2,1-6H3. The molecule has 2 rings (SSSR count). The van der Waals surface area contributed by atoms with Gasteiger partial charge >= 0.3 is 0 Å². The normalized spacial score (nSPS) is 10.7. The lowest BCUT2D eigenvalue weighted by Crippen LogP contribution is -2.34. The maximum absolute atomic E-state index is 12.5. The van der Waals surface area contributed by atoms with Gasteiger partial charge in [-0.05, 0) is 18.6 Å². The van der Waals surface area contributed by atoms with Gasteiger partial charge in [0, 0.05) is 18.0 Å². The first-order valence-electron chi connectivity index (χ1n) is 8.42. The van der Waals surface area contributed by atoms with E-state index >= 15 is 0 Å². The second-order valence-electron chi connectivity index (χ2n) is 5.95. The van der Waals surface area contributed by atoms with Gasteiger partial charge in [-0.1, -0.05) is 32.1 Å². The van der Waals surface area contributed by atoms with Gasteiger partial charge in [-0.3, -0.25) is 9.69 Å². The van der Waals surface area contributed by atoms with Gasteiger partial charge < -0.3 is 14.2 Å². The number of benzene rings is 1. The first-order chi connectivity index (χ1) is 12.5. The lowest BCUT2D eigenvalue weighted by molar-refractivity contribution is -0.121. The van der Waals surface area contributed by atoms with Gasteiger partial charge in [0.2, 0.25) is 16.8 Å². The summed E-state index contributed by atoms with van der Waals surface area (Å²) in [5, 5.41) is 9.76. The van der Waals surface area contributed by atoms with Crippen LogP contribution in [0.1, 0.15) is 27.2 Å². The minimum Gasteiger partial charge on any atom is -0.493 e. The minimum atomic E-state index is -0.102. The fourth-order valence-corrected chi connectivity index (χ4v) is 3.34. The number of rotatable bonds is 8. The number of carbonyl (C=O) groups is 1. The van der Waals surface area contributed by atoms with Crippen LogP contribution in [0.15, 0.2) is 12.1 Å². The number of hydrogen-bond donors (Lipinski definition) is 0. The smallest absolute Gasteiger partial charge is 0.231 e. The van der Waals surface area contributed by atoms with Crippen molar-refractivity contribution in [3.8, 4) is 27.8 Å². The average molecular weight is 379 g/mol. The molecule has 0 atom stereocenters. The third-order valence-electron chi connectivity index (χ3n) is 3.76. The summed E-state index contributed by atoms with van der Waals surface area (Å²) >= 11 is 1.36. The first kappa shape index (κ1) is 20.0. The molecule has 0 N–H and O–H groups in total. The number of aromatic nitrogens is 2. The monoisotopic (exact) mass is 379 g/mol. The molecule has 142 valence electrons. The Morgan fingerprint density at radius 3 is 2.19 bits per heavy atom. The van der Waals surface area contributed by atoms with Crippen molar-refractivity contribution in [2.75, 3.05) is 32.8 Å². The van der Waals surface area contributed by atoms with Crippen LogP contribution in [0, 0.1) is 5.92 Å². The Morgan fingerprint density at radius 1 is 1.12 bits per heavy atom. The summed E-state index contributed by atoms with van der Waals surface area (Å²) < 4.78 is 16.1. The lowest BCUT2D eigenvalue weighted by Gasteiger charge is -2.20. The molecule has 1 heterocycles. The fourth-order valence-electron chi connectivity index (χ4n) is 2.48. The molecule has 0 spiro atoms. The van der Waals surface area contributed by atoms with Crippen molar-refractivity contribution in [3.63, 3.8) is 0 Å². The Morgan fingerprint density at radius 2 is 1.73 bits per heavy atom. The van der Waals surface area contributed by atoms with Crippen molar-refractivity contribution in [2.45, 2.75) is 27.2 Å². The highest BCUT2D eigenvalue weighted by Gasteiger charge is 2.23. The van der Waals surface area contributed by atoms with Crippen LogP contribution >= 0.6 is 11.3 Å². The highest BCUT2D eigenvalue weighted by Crippen LogP contribution is 2.42. The Kier molecular flexibility index (Phi) is 6.79. The van der Waals surface area contributed by atoms with E-state index in [0.29, 0.717) is 33.9 Å². The summed E-state index contributed by atoms with van der Waals surface area (Å²) in [6.07, 6.45) is 0.845. The van der Waals surface area contributed by atoms with E-state index in [1.165, 1.54) is 11.3 Å². The zero-order valence-corrected chi connectivity index (χ0v) is 16.8. The predicted molar refractivity (Wildman–Crippen MR) is 102 cm³/mol. The van der Waals surface area contributed by atoms with Crippen LogP contribution in [-0.2, 0) is 4.79 Å². The van der Waals surface area contributed by atoms with Crippen molar-refractivity contribution in [1.29, 1.82) is 0 Å². The minimum absolute atomic E-state index is 0.0412. The highest BCUT2D eigenvalue weighted by atomic mass is 32.1. The Balaban J connectivity index is 2.44. The molecular weight excluding hydrogens is 354 g/mol. The molecule has 1 aromatic carbocycles. The average Bonchev–Trinajstić information content (AvgIpc) is 3.13. The van der Waals surface area contributed by atoms with Crippen LogP contribution in [0.4, 0.5) is 5.13 Å². The zero-order valence-electron chi connectivity index (χ0n) is 16.0. The molecule has 0 bridgehead atoms. The first-order valence-corrected chi connectivity index (χ1v) is 9.23. The number of hydrogen-bond acceptors (Lipinski definition) is 7. The Bertz CT molecular complexity index is 736. The molecule has 1 amide bonds. The quantitative estimate of drug-likeness (QED) is 0.697. The van der Waals surface area contributed by atoms with Crippen molar-refractivity contribution in [2.24, 2.45) is 5.92 Å². The van der Waals surface area contributed by atoms with E-state index in [0.717, 1.165) is 12.0 Å². The molecule has 0 radical (unpaired) electrons. The summed E-state index contributed by atoms with van der Waals surface area (Å²) in [4.78, 5) is 14.2. The largest absolute Gasteiger partial charge is 0.493 e. The van der Waals surface area contributed by atoms with E-state index in [9.17, 15) is 4.79 Å². The highest BCUT2D eigenvalue weighted by molar-refractivity contribution is 7.18. The molecular formula is C18H25N3O4S. The Hall–Kier alpha value is -2.35.